The van der Waals surface area contributed by atoms with Crippen LogP contribution in [0.3, 0.4) is 0 Å². The highest BCUT2D eigenvalue weighted by Gasteiger charge is 2.31. The Bertz CT molecular complexity index is 708. The summed E-state index contributed by atoms with van der Waals surface area (Å²) < 4.78 is 12.1. The summed E-state index contributed by atoms with van der Waals surface area (Å²) in [5.41, 5.74) is 0. The van der Waals surface area contributed by atoms with Crippen molar-refractivity contribution in [3.05, 3.63) is 42.5 Å². The van der Waals surface area contributed by atoms with Crippen molar-refractivity contribution >= 4 is 10.8 Å². The van der Waals surface area contributed by atoms with Gasteiger partial charge in [0.15, 0.2) is 0 Å². The second-order valence-electron chi connectivity index (χ2n) is 8.02. The summed E-state index contributed by atoms with van der Waals surface area (Å²) in [5.74, 6) is 2.11. The SMILES string of the molecule is OC(COc1cccc2ccccc12)CC1CCOC2CCCCC2C1. The third-order valence-corrected chi connectivity index (χ3v) is 6.12. The Balaban J connectivity index is 1.32. The maximum Gasteiger partial charge on any atom is 0.127 e. The van der Waals surface area contributed by atoms with Crippen LogP contribution in [0.4, 0.5) is 0 Å². The molecule has 0 spiro atoms. The van der Waals surface area contributed by atoms with Gasteiger partial charge in [-0.15, -0.1) is 0 Å². The molecule has 1 N–H and O–H groups in total. The number of ether oxygens (including phenoxy) is 2. The van der Waals surface area contributed by atoms with E-state index in [-0.39, 0.29) is 0 Å². The fourth-order valence-electron chi connectivity index (χ4n) is 4.77. The van der Waals surface area contributed by atoms with Crippen LogP contribution in [0.2, 0.25) is 0 Å². The van der Waals surface area contributed by atoms with Gasteiger partial charge < -0.3 is 14.6 Å². The molecule has 2 aliphatic rings. The van der Waals surface area contributed by atoms with Crippen molar-refractivity contribution in [2.24, 2.45) is 11.8 Å². The first-order valence-electron chi connectivity index (χ1n) is 10.2. The second kappa shape index (κ2) is 8.41. The molecular formula is C23H30O3. The van der Waals surface area contributed by atoms with Gasteiger partial charge in [-0.25, -0.2) is 0 Å². The Labute approximate surface area is 156 Å². The zero-order chi connectivity index (χ0) is 17.8. The normalized spacial score (nSPS) is 27.5. The molecule has 1 aliphatic carbocycles. The van der Waals surface area contributed by atoms with Crippen LogP contribution in [-0.2, 0) is 4.74 Å². The Kier molecular flexibility index (Phi) is 5.76. The van der Waals surface area contributed by atoms with Gasteiger partial charge in [-0.1, -0.05) is 49.2 Å². The molecule has 0 bridgehead atoms. The van der Waals surface area contributed by atoms with E-state index in [1.54, 1.807) is 0 Å². The van der Waals surface area contributed by atoms with Gasteiger partial charge in [0, 0.05) is 12.0 Å². The number of aliphatic hydroxyl groups is 1. The predicted octanol–water partition coefficient (Wildman–Crippen LogP) is 4.96. The van der Waals surface area contributed by atoms with Crippen LogP contribution < -0.4 is 4.74 Å². The summed E-state index contributed by atoms with van der Waals surface area (Å²) >= 11 is 0. The van der Waals surface area contributed by atoms with E-state index >= 15 is 0 Å². The van der Waals surface area contributed by atoms with E-state index in [0.717, 1.165) is 30.6 Å². The van der Waals surface area contributed by atoms with E-state index in [4.69, 9.17) is 9.47 Å². The summed E-state index contributed by atoms with van der Waals surface area (Å²) in [6.45, 7) is 1.21. The molecule has 2 aromatic carbocycles. The summed E-state index contributed by atoms with van der Waals surface area (Å²) in [6, 6.07) is 14.3. The molecule has 0 radical (unpaired) electrons. The van der Waals surface area contributed by atoms with Crippen molar-refractivity contribution in [3.8, 4) is 5.75 Å². The van der Waals surface area contributed by atoms with Gasteiger partial charge >= 0.3 is 0 Å². The minimum absolute atomic E-state index is 0.361. The lowest BCUT2D eigenvalue weighted by molar-refractivity contribution is 0.00200. The lowest BCUT2D eigenvalue weighted by Crippen LogP contribution is -2.27. The molecule has 4 rings (SSSR count). The molecule has 26 heavy (non-hydrogen) atoms. The van der Waals surface area contributed by atoms with Crippen LogP contribution in [0.1, 0.15) is 44.9 Å². The molecule has 3 nitrogen and oxygen atoms in total. The highest BCUT2D eigenvalue weighted by atomic mass is 16.5. The van der Waals surface area contributed by atoms with Crippen molar-refractivity contribution in [2.75, 3.05) is 13.2 Å². The van der Waals surface area contributed by atoms with Crippen molar-refractivity contribution in [2.45, 2.75) is 57.2 Å². The highest BCUT2D eigenvalue weighted by Crippen LogP contribution is 2.36. The summed E-state index contributed by atoms with van der Waals surface area (Å²) in [6.07, 6.45) is 8.31. The molecule has 1 aliphatic heterocycles. The first-order valence-corrected chi connectivity index (χ1v) is 10.2. The monoisotopic (exact) mass is 354 g/mol. The van der Waals surface area contributed by atoms with Gasteiger partial charge in [0.2, 0.25) is 0 Å². The molecule has 4 unspecified atom stereocenters. The number of aliphatic hydroxyl groups excluding tert-OH is 1. The quantitative estimate of drug-likeness (QED) is 0.825. The molecule has 3 heteroatoms. The molecular weight excluding hydrogens is 324 g/mol. The number of hydrogen-bond donors (Lipinski definition) is 1. The van der Waals surface area contributed by atoms with Crippen molar-refractivity contribution in [3.63, 3.8) is 0 Å². The molecule has 1 saturated carbocycles. The highest BCUT2D eigenvalue weighted by molar-refractivity contribution is 5.88. The molecule has 2 fully saturated rings. The first kappa shape index (κ1) is 17.8. The number of rotatable bonds is 5. The minimum atomic E-state index is -0.417. The molecule has 140 valence electrons. The zero-order valence-corrected chi connectivity index (χ0v) is 15.5. The van der Waals surface area contributed by atoms with Crippen LogP contribution in [0.5, 0.6) is 5.75 Å². The zero-order valence-electron chi connectivity index (χ0n) is 15.5. The van der Waals surface area contributed by atoms with Gasteiger partial charge in [-0.3, -0.25) is 0 Å². The maximum atomic E-state index is 10.6. The fourth-order valence-corrected chi connectivity index (χ4v) is 4.77. The summed E-state index contributed by atoms with van der Waals surface area (Å²) in [5, 5.41) is 12.8. The van der Waals surface area contributed by atoms with E-state index in [1.165, 1.54) is 37.5 Å². The molecule has 4 atom stereocenters. The van der Waals surface area contributed by atoms with E-state index in [9.17, 15) is 5.11 Å². The standard InChI is InChI=1S/C23H30O3/c24-20(15-17-12-13-25-22-10-4-2-7-19(22)14-17)16-26-23-11-5-8-18-6-1-3-9-21(18)23/h1,3,5-6,8-9,11,17,19-20,22,24H,2,4,7,10,12-16H2. The first-order chi connectivity index (χ1) is 12.8. The van der Waals surface area contributed by atoms with Crippen LogP contribution in [0.15, 0.2) is 42.5 Å². The molecule has 0 amide bonds. The second-order valence-corrected chi connectivity index (χ2v) is 8.02. The van der Waals surface area contributed by atoms with Crippen molar-refractivity contribution < 1.29 is 14.6 Å². The number of fused-ring (bicyclic) bond motifs is 2. The van der Waals surface area contributed by atoms with Crippen LogP contribution in [-0.4, -0.2) is 30.5 Å². The molecule has 0 aromatic heterocycles. The van der Waals surface area contributed by atoms with E-state index in [2.05, 4.69) is 18.2 Å². The number of benzene rings is 2. The van der Waals surface area contributed by atoms with E-state index < -0.39 is 6.10 Å². The lowest BCUT2D eigenvalue weighted by atomic mass is 9.79. The van der Waals surface area contributed by atoms with Crippen LogP contribution in [0, 0.1) is 11.8 Å². The third-order valence-electron chi connectivity index (χ3n) is 6.12. The predicted molar refractivity (Wildman–Crippen MR) is 104 cm³/mol. The Morgan fingerprint density at radius 1 is 1.04 bits per heavy atom. The Morgan fingerprint density at radius 2 is 1.88 bits per heavy atom. The largest absolute Gasteiger partial charge is 0.490 e. The van der Waals surface area contributed by atoms with E-state index in [1.807, 2.05) is 24.3 Å². The minimum Gasteiger partial charge on any atom is -0.490 e. The van der Waals surface area contributed by atoms with Crippen molar-refractivity contribution in [1.82, 2.24) is 0 Å². The third kappa shape index (κ3) is 4.21. The molecule has 1 heterocycles. The average molecular weight is 354 g/mol. The van der Waals surface area contributed by atoms with E-state index in [0.29, 0.717) is 24.5 Å². The smallest absolute Gasteiger partial charge is 0.127 e. The van der Waals surface area contributed by atoms with Gasteiger partial charge in [0.25, 0.3) is 0 Å². The Hall–Kier alpha value is -1.58. The Morgan fingerprint density at radius 3 is 2.85 bits per heavy atom. The van der Waals surface area contributed by atoms with Gasteiger partial charge in [-0.05, 0) is 55.4 Å². The summed E-state index contributed by atoms with van der Waals surface area (Å²) in [4.78, 5) is 0. The molecule has 1 saturated heterocycles. The maximum absolute atomic E-state index is 10.6. The van der Waals surface area contributed by atoms with Gasteiger partial charge in [-0.2, -0.15) is 0 Å². The van der Waals surface area contributed by atoms with Crippen molar-refractivity contribution in [1.29, 1.82) is 0 Å². The lowest BCUT2D eigenvalue weighted by Gasteiger charge is -2.30. The average Bonchev–Trinajstić information content (AvgIpc) is 2.88. The fraction of sp³-hybridized carbons (Fsp3) is 0.565. The van der Waals surface area contributed by atoms with Gasteiger partial charge in [0.1, 0.15) is 12.4 Å². The number of hydrogen-bond acceptors (Lipinski definition) is 3. The molecule has 2 aromatic rings. The van der Waals surface area contributed by atoms with Gasteiger partial charge in [0.05, 0.1) is 12.2 Å². The summed E-state index contributed by atoms with van der Waals surface area (Å²) in [7, 11) is 0. The van der Waals surface area contributed by atoms with Crippen LogP contribution in [0.25, 0.3) is 10.8 Å². The van der Waals surface area contributed by atoms with Crippen LogP contribution >= 0.6 is 0 Å². The topological polar surface area (TPSA) is 38.7 Å².